The summed E-state index contributed by atoms with van der Waals surface area (Å²) in [4.78, 5) is 9.30. The molecule has 4 nitrogen and oxygen atoms in total. The van der Waals surface area contributed by atoms with Crippen molar-refractivity contribution < 1.29 is 4.74 Å². The van der Waals surface area contributed by atoms with Gasteiger partial charge in [0.2, 0.25) is 0 Å². The van der Waals surface area contributed by atoms with Gasteiger partial charge in [-0.25, -0.2) is 9.97 Å². The third-order valence-electron chi connectivity index (χ3n) is 3.41. The van der Waals surface area contributed by atoms with Crippen molar-refractivity contribution >= 4 is 22.8 Å². The summed E-state index contributed by atoms with van der Waals surface area (Å²) in [5.74, 6) is 0.871. The van der Waals surface area contributed by atoms with Crippen molar-refractivity contribution in [3.8, 4) is 0 Å². The number of rotatable bonds is 6. The van der Waals surface area contributed by atoms with Crippen LogP contribution in [0.15, 0.2) is 12.1 Å². The van der Waals surface area contributed by atoms with E-state index in [-0.39, 0.29) is 11.4 Å². The van der Waals surface area contributed by atoms with E-state index in [0.29, 0.717) is 6.61 Å². The van der Waals surface area contributed by atoms with Gasteiger partial charge in [-0.05, 0) is 32.4 Å². The predicted molar refractivity (Wildman–Crippen MR) is 82.4 cm³/mol. The van der Waals surface area contributed by atoms with Crippen LogP contribution in [0.25, 0.3) is 11.2 Å². The van der Waals surface area contributed by atoms with Crippen LogP contribution in [0.3, 0.4) is 0 Å². The van der Waals surface area contributed by atoms with Crippen LogP contribution in [0.5, 0.6) is 0 Å². The number of imidazole rings is 1. The van der Waals surface area contributed by atoms with E-state index < -0.39 is 0 Å². The van der Waals surface area contributed by atoms with E-state index in [1.54, 1.807) is 7.11 Å². The van der Waals surface area contributed by atoms with Crippen molar-refractivity contribution in [3.05, 3.63) is 23.7 Å². The number of nitrogens with zero attached hydrogens (tertiary/aromatic N) is 3. The van der Waals surface area contributed by atoms with Gasteiger partial charge in [0.05, 0.1) is 18.0 Å². The second-order valence-electron chi connectivity index (χ2n) is 5.15. The molecule has 0 spiro atoms. The van der Waals surface area contributed by atoms with Gasteiger partial charge in [-0.3, -0.25) is 0 Å². The van der Waals surface area contributed by atoms with E-state index in [1.165, 1.54) is 0 Å². The zero-order valence-electron chi connectivity index (χ0n) is 12.6. The molecule has 0 aromatic carbocycles. The molecule has 2 unspecified atom stereocenters. The molecule has 2 aromatic heterocycles. The molecule has 2 heterocycles. The van der Waals surface area contributed by atoms with Gasteiger partial charge >= 0.3 is 0 Å². The summed E-state index contributed by atoms with van der Waals surface area (Å²) in [5.41, 5.74) is 2.79. The summed E-state index contributed by atoms with van der Waals surface area (Å²) in [6.07, 6.45) is 2.10. The molecule has 2 atom stereocenters. The van der Waals surface area contributed by atoms with Gasteiger partial charge in [-0.2, -0.15) is 0 Å². The van der Waals surface area contributed by atoms with Crippen LogP contribution in [0, 0.1) is 6.92 Å². The Bertz CT molecular complexity index is 574. The Morgan fingerprint density at radius 3 is 2.70 bits per heavy atom. The summed E-state index contributed by atoms with van der Waals surface area (Å²) < 4.78 is 7.53. The minimum Gasteiger partial charge on any atom is -0.383 e. The molecular formula is C15H22ClN3O. The van der Waals surface area contributed by atoms with Crippen LogP contribution in [0.4, 0.5) is 0 Å². The molecule has 0 saturated carbocycles. The highest BCUT2D eigenvalue weighted by Crippen LogP contribution is 2.29. The highest BCUT2D eigenvalue weighted by molar-refractivity contribution is 6.20. The number of pyridine rings is 1. The molecular weight excluding hydrogens is 274 g/mol. The van der Waals surface area contributed by atoms with E-state index in [2.05, 4.69) is 21.5 Å². The second-order valence-corrected chi connectivity index (χ2v) is 5.80. The second kappa shape index (κ2) is 6.55. The smallest absolute Gasteiger partial charge is 0.160 e. The molecule has 0 aliphatic carbocycles. The van der Waals surface area contributed by atoms with Crippen molar-refractivity contribution in [2.45, 2.75) is 45.0 Å². The molecule has 0 N–H and O–H groups in total. The molecule has 110 valence electrons. The molecule has 0 aliphatic rings. The van der Waals surface area contributed by atoms with Crippen LogP contribution in [-0.4, -0.2) is 28.3 Å². The molecule has 0 saturated heterocycles. The number of aryl methyl sites for hydroxylation is 1. The number of aromatic nitrogens is 3. The maximum Gasteiger partial charge on any atom is 0.160 e. The van der Waals surface area contributed by atoms with E-state index >= 15 is 0 Å². The lowest BCUT2D eigenvalue weighted by molar-refractivity contribution is 0.150. The summed E-state index contributed by atoms with van der Waals surface area (Å²) in [7, 11) is 1.73. The maximum absolute atomic E-state index is 6.31. The van der Waals surface area contributed by atoms with Gasteiger partial charge in [-0.15, -0.1) is 11.6 Å². The summed E-state index contributed by atoms with van der Waals surface area (Å²) in [6.45, 7) is 6.75. The quantitative estimate of drug-likeness (QED) is 0.756. The Hall–Kier alpha value is -1.13. The molecule has 0 radical (unpaired) electrons. The third-order valence-corrected chi connectivity index (χ3v) is 3.60. The minimum atomic E-state index is -0.152. The molecule has 2 rings (SSSR count). The average molecular weight is 296 g/mol. The van der Waals surface area contributed by atoms with Gasteiger partial charge in [0, 0.05) is 12.8 Å². The van der Waals surface area contributed by atoms with E-state index in [4.69, 9.17) is 16.3 Å². The summed E-state index contributed by atoms with van der Waals surface area (Å²) >= 11 is 6.31. The highest BCUT2D eigenvalue weighted by Gasteiger charge is 2.22. The standard InChI is InChI=1S/C15H22ClN3O/c1-5-6-12(9-20-4)19-14(11(3)16)18-13-8-7-10(2)17-15(13)19/h7-8,11-12H,5-6,9H2,1-4H3. The largest absolute Gasteiger partial charge is 0.383 e. The monoisotopic (exact) mass is 295 g/mol. The van der Waals surface area contributed by atoms with Crippen LogP contribution < -0.4 is 0 Å². The lowest BCUT2D eigenvalue weighted by Gasteiger charge is -2.21. The fourth-order valence-electron chi connectivity index (χ4n) is 2.54. The van der Waals surface area contributed by atoms with Crippen LogP contribution in [-0.2, 0) is 4.74 Å². The molecule has 20 heavy (non-hydrogen) atoms. The molecule has 0 amide bonds. The fourth-order valence-corrected chi connectivity index (χ4v) is 2.69. The SMILES string of the molecule is CCCC(COC)n1c(C(C)Cl)nc2ccc(C)nc21. The topological polar surface area (TPSA) is 39.9 Å². The number of alkyl halides is 1. The number of methoxy groups -OCH3 is 1. The first-order valence-electron chi connectivity index (χ1n) is 7.07. The Balaban J connectivity index is 2.62. The van der Waals surface area contributed by atoms with Gasteiger partial charge in [-0.1, -0.05) is 13.3 Å². The normalized spacial score (nSPS) is 14.7. The molecule has 5 heteroatoms. The number of halogens is 1. The third kappa shape index (κ3) is 2.96. The van der Waals surface area contributed by atoms with Crippen molar-refractivity contribution in [1.29, 1.82) is 0 Å². The first-order chi connectivity index (χ1) is 9.58. The van der Waals surface area contributed by atoms with Crippen molar-refractivity contribution in [1.82, 2.24) is 14.5 Å². The maximum atomic E-state index is 6.31. The average Bonchev–Trinajstić information content (AvgIpc) is 2.77. The van der Waals surface area contributed by atoms with Crippen molar-refractivity contribution in [3.63, 3.8) is 0 Å². The van der Waals surface area contributed by atoms with Gasteiger partial charge in [0.25, 0.3) is 0 Å². The molecule has 0 aliphatic heterocycles. The van der Waals surface area contributed by atoms with Gasteiger partial charge < -0.3 is 9.30 Å². The lowest BCUT2D eigenvalue weighted by atomic mass is 10.1. The first kappa shape index (κ1) is 15.3. The summed E-state index contributed by atoms with van der Waals surface area (Å²) in [6, 6.07) is 4.21. The first-order valence-corrected chi connectivity index (χ1v) is 7.50. The summed E-state index contributed by atoms with van der Waals surface area (Å²) in [5, 5.41) is -0.152. The zero-order valence-corrected chi connectivity index (χ0v) is 13.3. The van der Waals surface area contributed by atoms with Crippen LogP contribution in [0.1, 0.15) is 49.6 Å². The van der Waals surface area contributed by atoms with E-state index in [0.717, 1.165) is 35.5 Å². The minimum absolute atomic E-state index is 0.152. The fraction of sp³-hybridized carbons (Fsp3) is 0.600. The Kier molecular flexibility index (Phi) is 5.00. The zero-order chi connectivity index (χ0) is 14.7. The van der Waals surface area contributed by atoms with Gasteiger partial charge in [0.1, 0.15) is 11.3 Å². The van der Waals surface area contributed by atoms with Gasteiger partial charge in [0.15, 0.2) is 5.65 Å². The molecule has 2 aromatic rings. The van der Waals surface area contributed by atoms with E-state index in [9.17, 15) is 0 Å². The van der Waals surface area contributed by atoms with Crippen LogP contribution >= 0.6 is 11.6 Å². The number of hydrogen-bond donors (Lipinski definition) is 0. The number of fused-ring (bicyclic) bond motifs is 1. The molecule has 0 bridgehead atoms. The molecule has 0 fully saturated rings. The Morgan fingerprint density at radius 2 is 2.10 bits per heavy atom. The highest BCUT2D eigenvalue weighted by atomic mass is 35.5. The van der Waals surface area contributed by atoms with Crippen LogP contribution in [0.2, 0.25) is 0 Å². The number of ether oxygens (including phenoxy) is 1. The Morgan fingerprint density at radius 1 is 1.35 bits per heavy atom. The van der Waals surface area contributed by atoms with Crippen molar-refractivity contribution in [2.24, 2.45) is 0 Å². The van der Waals surface area contributed by atoms with Crippen molar-refractivity contribution in [2.75, 3.05) is 13.7 Å². The predicted octanol–water partition coefficient (Wildman–Crippen LogP) is 4.03. The lowest BCUT2D eigenvalue weighted by Crippen LogP contribution is -2.18. The number of hydrogen-bond acceptors (Lipinski definition) is 3. The van der Waals surface area contributed by atoms with E-state index in [1.807, 2.05) is 26.0 Å². The Labute approximate surface area is 125 Å².